The summed E-state index contributed by atoms with van der Waals surface area (Å²) in [4.78, 5) is 11.3. The molecule has 0 aliphatic carbocycles. The molecule has 1 N–H and O–H groups in total. The van der Waals surface area contributed by atoms with E-state index in [0.717, 1.165) is 49.4 Å². The van der Waals surface area contributed by atoms with Gasteiger partial charge in [-0.3, -0.25) is 0 Å². The number of piperidine rings is 1. The van der Waals surface area contributed by atoms with Crippen LogP contribution in [0.15, 0.2) is 6.07 Å². The molecular formula is C14H24N4. The summed E-state index contributed by atoms with van der Waals surface area (Å²) in [6.45, 7) is 10.6. The van der Waals surface area contributed by atoms with Crippen LogP contribution in [0, 0.1) is 19.8 Å². The molecule has 4 nitrogen and oxygen atoms in total. The van der Waals surface area contributed by atoms with Gasteiger partial charge in [-0.15, -0.1) is 0 Å². The van der Waals surface area contributed by atoms with Crippen molar-refractivity contribution in [3.8, 4) is 0 Å². The molecule has 1 fully saturated rings. The third-order valence-electron chi connectivity index (χ3n) is 3.57. The Morgan fingerprint density at radius 1 is 1.28 bits per heavy atom. The van der Waals surface area contributed by atoms with Crippen molar-refractivity contribution >= 4 is 5.82 Å². The molecule has 1 saturated heterocycles. The molecule has 4 heteroatoms. The maximum Gasteiger partial charge on any atom is 0.132 e. The van der Waals surface area contributed by atoms with Gasteiger partial charge in [0.25, 0.3) is 0 Å². The number of rotatable bonds is 4. The van der Waals surface area contributed by atoms with E-state index >= 15 is 0 Å². The van der Waals surface area contributed by atoms with Crippen LogP contribution in [-0.2, 0) is 0 Å². The van der Waals surface area contributed by atoms with E-state index in [0.29, 0.717) is 0 Å². The van der Waals surface area contributed by atoms with Crippen molar-refractivity contribution < 1.29 is 0 Å². The fourth-order valence-corrected chi connectivity index (χ4v) is 2.57. The number of nitrogens with one attached hydrogen (secondary N) is 1. The molecule has 0 unspecified atom stereocenters. The van der Waals surface area contributed by atoms with Crippen molar-refractivity contribution in [1.82, 2.24) is 15.3 Å². The Morgan fingerprint density at radius 3 is 2.61 bits per heavy atom. The second kappa shape index (κ2) is 6.14. The van der Waals surface area contributed by atoms with Crippen molar-refractivity contribution in [2.45, 2.75) is 33.6 Å². The van der Waals surface area contributed by atoms with Gasteiger partial charge in [0.1, 0.15) is 11.6 Å². The molecule has 2 rings (SSSR count). The minimum atomic E-state index is 0.824. The summed E-state index contributed by atoms with van der Waals surface area (Å²) in [5.74, 6) is 2.80. The molecule has 0 amide bonds. The van der Waals surface area contributed by atoms with E-state index in [1.807, 2.05) is 13.8 Å². The van der Waals surface area contributed by atoms with Gasteiger partial charge < -0.3 is 10.2 Å². The molecule has 0 radical (unpaired) electrons. The monoisotopic (exact) mass is 248 g/mol. The van der Waals surface area contributed by atoms with Gasteiger partial charge in [0.05, 0.1) is 0 Å². The number of nitrogens with zero attached hydrogens (tertiary/aromatic N) is 3. The summed E-state index contributed by atoms with van der Waals surface area (Å²) in [5, 5.41) is 3.45. The van der Waals surface area contributed by atoms with E-state index in [2.05, 4.69) is 33.2 Å². The lowest BCUT2D eigenvalue weighted by atomic mass is 9.97. The van der Waals surface area contributed by atoms with Crippen LogP contribution in [0.2, 0.25) is 0 Å². The van der Waals surface area contributed by atoms with Gasteiger partial charge in [0, 0.05) is 24.8 Å². The average Bonchev–Trinajstić information content (AvgIpc) is 2.36. The molecule has 1 aromatic heterocycles. The maximum atomic E-state index is 4.54. The maximum absolute atomic E-state index is 4.54. The lowest BCUT2D eigenvalue weighted by Gasteiger charge is -2.33. The van der Waals surface area contributed by atoms with Crippen LogP contribution < -0.4 is 10.2 Å². The Morgan fingerprint density at radius 2 is 2.00 bits per heavy atom. The van der Waals surface area contributed by atoms with E-state index < -0.39 is 0 Å². The highest BCUT2D eigenvalue weighted by atomic mass is 15.2. The van der Waals surface area contributed by atoms with Crippen molar-refractivity contribution in [1.29, 1.82) is 0 Å². The van der Waals surface area contributed by atoms with Crippen LogP contribution in [0.5, 0.6) is 0 Å². The van der Waals surface area contributed by atoms with Gasteiger partial charge in [-0.25, -0.2) is 9.97 Å². The van der Waals surface area contributed by atoms with E-state index in [4.69, 9.17) is 0 Å². The molecule has 18 heavy (non-hydrogen) atoms. The largest absolute Gasteiger partial charge is 0.356 e. The van der Waals surface area contributed by atoms with Gasteiger partial charge in [0.2, 0.25) is 0 Å². The van der Waals surface area contributed by atoms with Gasteiger partial charge in [0.15, 0.2) is 0 Å². The standard InChI is InChI=1S/C14H24N4/c1-4-15-10-13-5-7-18(8-6-13)14-9-11(2)16-12(3)17-14/h9,13,15H,4-8,10H2,1-3H3. The minimum absolute atomic E-state index is 0.824. The molecule has 1 aromatic rings. The zero-order valence-electron chi connectivity index (χ0n) is 11.7. The van der Waals surface area contributed by atoms with Crippen LogP contribution in [0.4, 0.5) is 5.82 Å². The van der Waals surface area contributed by atoms with Crippen LogP contribution in [-0.4, -0.2) is 36.1 Å². The minimum Gasteiger partial charge on any atom is -0.356 e. The molecule has 100 valence electrons. The lowest BCUT2D eigenvalue weighted by molar-refractivity contribution is 0.385. The molecule has 0 aromatic carbocycles. The Labute approximate surface area is 110 Å². The third kappa shape index (κ3) is 3.42. The van der Waals surface area contributed by atoms with E-state index in [-0.39, 0.29) is 0 Å². The van der Waals surface area contributed by atoms with Crippen LogP contribution in [0.1, 0.15) is 31.3 Å². The van der Waals surface area contributed by atoms with Gasteiger partial charge in [-0.1, -0.05) is 6.92 Å². The molecule has 0 bridgehead atoms. The fraction of sp³-hybridized carbons (Fsp3) is 0.714. The Hall–Kier alpha value is -1.16. The quantitative estimate of drug-likeness (QED) is 0.884. The number of aryl methyl sites for hydroxylation is 2. The summed E-state index contributed by atoms with van der Waals surface area (Å²) in [5.41, 5.74) is 1.06. The summed E-state index contributed by atoms with van der Waals surface area (Å²) < 4.78 is 0. The van der Waals surface area contributed by atoms with Crippen molar-refractivity contribution in [2.75, 3.05) is 31.1 Å². The van der Waals surface area contributed by atoms with Crippen molar-refractivity contribution in [3.05, 3.63) is 17.6 Å². The zero-order valence-corrected chi connectivity index (χ0v) is 11.7. The van der Waals surface area contributed by atoms with E-state index in [1.165, 1.54) is 12.8 Å². The molecule has 0 saturated carbocycles. The second-order valence-electron chi connectivity index (χ2n) is 5.15. The average molecular weight is 248 g/mol. The first-order chi connectivity index (χ1) is 8.69. The summed E-state index contributed by atoms with van der Waals surface area (Å²) in [6, 6.07) is 2.09. The molecule has 0 atom stereocenters. The Balaban J connectivity index is 1.92. The first-order valence-electron chi connectivity index (χ1n) is 6.97. The summed E-state index contributed by atoms with van der Waals surface area (Å²) >= 11 is 0. The number of hydrogen-bond donors (Lipinski definition) is 1. The Bertz CT molecular complexity index is 363. The fourth-order valence-electron chi connectivity index (χ4n) is 2.57. The predicted molar refractivity (Wildman–Crippen MR) is 75.0 cm³/mol. The van der Waals surface area contributed by atoms with Crippen molar-refractivity contribution in [2.24, 2.45) is 5.92 Å². The normalized spacial score (nSPS) is 17.2. The van der Waals surface area contributed by atoms with Gasteiger partial charge in [-0.05, 0) is 45.7 Å². The first-order valence-corrected chi connectivity index (χ1v) is 6.97. The molecule has 1 aliphatic heterocycles. The van der Waals surface area contributed by atoms with Crippen LogP contribution >= 0.6 is 0 Å². The third-order valence-corrected chi connectivity index (χ3v) is 3.57. The molecular weight excluding hydrogens is 224 g/mol. The highest BCUT2D eigenvalue weighted by Crippen LogP contribution is 2.21. The number of anilines is 1. The van der Waals surface area contributed by atoms with Crippen LogP contribution in [0.25, 0.3) is 0 Å². The molecule has 2 heterocycles. The summed E-state index contributed by atoms with van der Waals surface area (Å²) in [6.07, 6.45) is 2.52. The smallest absolute Gasteiger partial charge is 0.132 e. The van der Waals surface area contributed by atoms with Gasteiger partial charge >= 0.3 is 0 Å². The molecule has 0 spiro atoms. The second-order valence-corrected chi connectivity index (χ2v) is 5.15. The number of aromatic nitrogens is 2. The van der Waals surface area contributed by atoms with Gasteiger partial charge in [-0.2, -0.15) is 0 Å². The highest BCUT2D eigenvalue weighted by molar-refractivity contribution is 5.40. The Kier molecular flexibility index (Phi) is 4.53. The predicted octanol–water partition coefficient (Wildman–Crippen LogP) is 1.92. The zero-order chi connectivity index (χ0) is 13.0. The van der Waals surface area contributed by atoms with E-state index in [1.54, 1.807) is 0 Å². The topological polar surface area (TPSA) is 41.0 Å². The highest BCUT2D eigenvalue weighted by Gasteiger charge is 2.20. The summed E-state index contributed by atoms with van der Waals surface area (Å²) in [7, 11) is 0. The van der Waals surface area contributed by atoms with E-state index in [9.17, 15) is 0 Å². The molecule has 1 aliphatic rings. The SMILES string of the molecule is CCNCC1CCN(c2cc(C)nc(C)n2)CC1. The van der Waals surface area contributed by atoms with Crippen LogP contribution in [0.3, 0.4) is 0 Å². The first kappa shape index (κ1) is 13.3. The number of hydrogen-bond acceptors (Lipinski definition) is 4. The lowest BCUT2D eigenvalue weighted by Crippen LogP contribution is -2.37. The van der Waals surface area contributed by atoms with Crippen molar-refractivity contribution in [3.63, 3.8) is 0 Å².